The van der Waals surface area contributed by atoms with Gasteiger partial charge in [-0.1, -0.05) is 54.1 Å². The van der Waals surface area contributed by atoms with Gasteiger partial charge in [0.1, 0.15) is 11.4 Å². The zero-order valence-corrected chi connectivity index (χ0v) is 18.2. The number of para-hydroxylation sites is 2. The maximum Gasteiger partial charge on any atom is 0.282 e. The summed E-state index contributed by atoms with van der Waals surface area (Å²) in [6.07, 6.45) is 0. The van der Waals surface area contributed by atoms with Crippen molar-refractivity contribution >= 4 is 40.4 Å². The van der Waals surface area contributed by atoms with E-state index in [2.05, 4.69) is 5.32 Å². The molecule has 0 aliphatic carbocycles. The monoisotopic (exact) mass is 432 g/mol. The Kier molecular flexibility index (Phi) is 5.53. The summed E-state index contributed by atoms with van der Waals surface area (Å²) in [6, 6.07) is 19.7. The number of benzene rings is 3. The Balaban J connectivity index is 1.91. The number of rotatable bonds is 5. The van der Waals surface area contributed by atoms with E-state index in [9.17, 15) is 9.59 Å². The molecule has 3 aromatic carbocycles. The topological polar surface area (TPSA) is 58.6 Å². The average molecular weight is 433 g/mol. The second-order valence-corrected chi connectivity index (χ2v) is 7.63. The van der Waals surface area contributed by atoms with Crippen LogP contribution in [0.3, 0.4) is 0 Å². The van der Waals surface area contributed by atoms with Gasteiger partial charge in [-0.05, 0) is 49.2 Å². The molecule has 1 aliphatic rings. The van der Waals surface area contributed by atoms with E-state index in [1.165, 1.54) is 7.11 Å². The van der Waals surface area contributed by atoms with Gasteiger partial charge < -0.3 is 10.1 Å². The molecule has 0 bridgehead atoms. The number of aryl methyl sites for hydroxylation is 1. The van der Waals surface area contributed by atoms with Gasteiger partial charge in [-0.2, -0.15) is 0 Å². The summed E-state index contributed by atoms with van der Waals surface area (Å²) < 4.78 is 5.48. The number of methoxy groups -OCH3 is 1. The van der Waals surface area contributed by atoms with E-state index in [0.717, 1.165) is 21.7 Å². The predicted molar refractivity (Wildman–Crippen MR) is 123 cm³/mol. The molecule has 0 unspecified atom stereocenters. The van der Waals surface area contributed by atoms with E-state index in [1.54, 1.807) is 42.5 Å². The lowest BCUT2D eigenvalue weighted by Crippen LogP contribution is -2.32. The van der Waals surface area contributed by atoms with Gasteiger partial charge >= 0.3 is 0 Å². The quantitative estimate of drug-likeness (QED) is 0.551. The Morgan fingerprint density at radius 3 is 2.32 bits per heavy atom. The molecular weight excluding hydrogens is 412 g/mol. The van der Waals surface area contributed by atoms with E-state index in [4.69, 9.17) is 16.3 Å². The van der Waals surface area contributed by atoms with Crippen LogP contribution in [0.15, 0.2) is 72.4 Å². The lowest BCUT2D eigenvalue weighted by atomic mass is 10.0. The molecule has 0 spiro atoms. The van der Waals surface area contributed by atoms with Crippen molar-refractivity contribution in [3.63, 3.8) is 0 Å². The number of halogens is 1. The first-order chi connectivity index (χ1) is 14.9. The lowest BCUT2D eigenvalue weighted by Gasteiger charge is -2.17. The van der Waals surface area contributed by atoms with Gasteiger partial charge in [0, 0.05) is 11.3 Å². The number of carbonyl (C=O) groups is 2. The molecule has 2 amide bonds. The van der Waals surface area contributed by atoms with Crippen molar-refractivity contribution in [1.29, 1.82) is 0 Å². The fourth-order valence-corrected chi connectivity index (χ4v) is 3.84. The third-order valence-corrected chi connectivity index (χ3v) is 5.74. The second kappa shape index (κ2) is 8.28. The van der Waals surface area contributed by atoms with Crippen LogP contribution < -0.4 is 15.0 Å². The summed E-state index contributed by atoms with van der Waals surface area (Å²) >= 11 is 6.33. The molecule has 0 atom stereocenters. The van der Waals surface area contributed by atoms with Gasteiger partial charge in [0.25, 0.3) is 11.8 Å². The first kappa shape index (κ1) is 20.7. The Bertz CT molecular complexity index is 1230. The number of ether oxygens (including phenoxy) is 1. The molecule has 0 aromatic heterocycles. The third kappa shape index (κ3) is 3.57. The number of amides is 2. The fourth-order valence-electron chi connectivity index (χ4n) is 3.62. The van der Waals surface area contributed by atoms with Crippen molar-refractivity contribution in [3.8, 4) is 5.75 Å². The maximum absolute atomic E-state index is 13.6. The van der Waals surface area contributed by atoms with E-state index in [-0.39, 0.29) is 11.3 Å². The molecule has 0 radical (unpaired) electrons. The molecule has 1 N–H and O–H groups in total. The van der Waals surface area contributed by atoms with E-state index in [1.807, 2.05) is 38.1 Å². The van der Waals surface area contributed by atoms with Crippen LogP contribution in [-0.4, -0.2) is 18.9 Å². The Morgan fingerprint density at radius 1 is 0.871 bits per heavy atom. The fraction of sp³-hybridized carbons (Fsp3) is 0.120. The van der Waals surface area contributed by atoms with Crippen LogP contribution in [0.4, 0.5) is 11.4 Å². The summed E-state index contributed by atoms with van der Waals surface area (Å²) in [7, 11) is 1.53. The number of carbonyl (C=O) groups excluding carboxylic acids is 2. The third-order valence-electron chi connectivity index (χ3n) is 5.42. The van der Waals surface area contributed by atoms with Crippen LogP contribution in [-0.2, 0) is 9.59 Å². The zero-order chi connectivity index (χ0) is 22.1. The number of imide groups is 1. The number of anilines is 2. The van der Waals surface area contributed by atoms with Gasteiger partial charge in [0.15, 0.2) is 0 Å². The minimum absolute atomic E-state index is 0.183. The molecule has 5 nitrogen and oxygen atoms in total. The van der Waals surface area contributed by atoms with Gasteiger partial charge in [0.05, 0.1) is 23.4 Å². The highest BCUT2D eigenvalue weighted by molar-refractivity contribution is 6.48. The van der Waals surface area contributed by atoms with Crippen LogP contribution >= 0.6 is 11.6 Å². The molecule has 0 saturated heterocycles. The summed E-state index contributed by atoms with van der Waals surface area (Å²) in [5, 5.41) is 3.53. The second-order valence-electron chi connectivity index (χ2n) is 7.22. The summed E-state index contributed by atoms with van der Waals surface area (Å²) in [6.45, 7) is 3.96. The minimum atomic E-state index is -0.472. The van der Waals surface area contributed by atoms with Gasteiger partial charge in [-0.3, -0.25) is 9.59 Å². The lowest BCUT2D eigenvalue weighted by molar-refractivity contribution is -0.120. The number of nitrogens with one attached hydrogen (secondary N) is 1. The van der Waals surface area contributed by atoms with E-state index < -0.39 is 11.8 Å². The van der Waals surface area contributed by atoms with Crippen molar-refractivity contribution in [2.75, 3.05) is 17.3 Å². The van der Waals surface area contributed by atoms with Crippen molar-refractivity contribution < 1.29 is 14.3 Å². The predicted octanol–water partition coefficient (Wildman–Crippen LogP) is 5.36. The molecule has 6 heteroatoms. The Labute approximate surface area is 185 Å². The first-order valence-corrected chi connectivity index (χ1v) is 10.2. The van der Waals surface area contributed by atoms with E-state index >= 15 is 0 Å². The van der Waals surface area contributed by atoms with Crippen molar-refractivity contribution in [2.24, 2.45) is 0 Å². The van der Waals surface area contributed by atoms with Crippen molar-refractivity contribution in [1.82, 2.24) is 0 Å². The van der Waals surface area contributed by atoms with Crippen LogP contribution in [0, 0.1) is 13.8 Å². The van der Waals surface area contributed by atoms with Gasteiger partial charge in [-0.15, -0.1) is 0 Å². The number of hydrogen-bond donors (Lipinski definition) is 1. The molecule has 3 aromatic rings. The summed E-state index contributed by atoms with van der Waals surface area (Å²) in [5.74, 6) is -0.435. The molecule has 156 valence electrons. The number of hydrogen-bond acceptors (Lipinski definition) is 4. The molecule has 4 rings (SSSR count). The largest absolute Gasteiger partial charge is 0.496 e. The highest BCUT2D eigenvalue weighted by atomic mass is 35.5. The molecule has 0 fully saturated rings. The van der Waals surface area contributed by atoms with E-state index in [0.29, 0.717) is 22.0 Å². The van der Waals surface area contributed by atoms with Crippen molar-refractivity contribution in [3.05, 3.63) is 94.1 Å². The van der Waals surface area contributed by atoms with Crippen LogP contribution in [0.1, 0.15) is 16.7 Å². The Morgan fingerprint density at radius 2 is 1.58 bits per heavy atom. The standard InChI is InChI=1S/C25H21ClN2O3/c1-15-9-8-12-19(16(15)2)27-23-22(17-10-4-7-14-21(17)31-3)24(29)28(25(23)30)20-13-6-5-11-18(20)26/h4-14,27H,1-3H3. The van der Waals surface area contributed by atoms with Crippen LogP contribution in [0.5, 0.6) is 5.75 Å². The maximum atomic E-state index is 13.6. The smallest absolute Gasteiger partial charge is 0.282 e. The molecule has 31 heavy (non-hydrogen) atoms. The highest BCUT2D eigenvalue weighted by Crippen LogP contribution is 2.39. The normalized spacial score (nSPS) is 13.7. The molecule has 1 aliphatic heterocycles. The van der Waals surface area contributed by atoms with Gasteiger partial charge in [-0.25, -0.2) is 4.90 Å². The molecular formula is C25H21ClN2O3. The molecule has 1 heterocycles. The zero-order valence-electron chi connectivity index (χ0n) is 17.4. The highest BCUT2D eigenvalue weighted by Gasteiger charge is 2.42. The summed E-state index contributed by atoms with van der Waals surface area (Å²) in [4.78, 5) is 28.2. The minimum Gasteiger partial charge on any atom is -0.496 e. The van der Waals surface area contributed by atoms with Crippen molar-refractivity contribution in [2.45, 2.75) is 13.8 Å². The average Bonchev–Trinajstić information content (AvgIpc) is 3.01. The SMILES string of the molecule is COc1ccccc1C1=C(Nc2cccc(C)c2C)C(=O)N(c2ccccc2Cl)C1=O. The molecule has 0 saturated carbocycles. The first-order valence-electron chi connectivity index (χ1n) is 9.78. The van der Waals surface area contributed by atoms with Crippen LogP contribution in [0.25, 0.3) is 5.57 Å². The summed E-state index contributed by atoms with van der Waals surface area (Å²) in [5.41, 5.74) is 4.11. The number of nitrogens with zero attached hydrogens (tertiary/aromatic N) is 1. The van der Waals surface area contributed by atoms with Crippen LogP contribution in [0.2, 0.25) is 5.02 Å². The Hall–Kier alpha value is -3.57. The van der Waals surface area contributed by atoms with Gasteiger partial charge in [0.2, 0.25) is 0 Å².